The van der Waals surface area contributed by atoms with Crippen molar-refractivity contribution in [2.24, 2.45) is 4.99 Å². The highest BCUT2D eigenvalue weighted by molar-refractivity contribution is 14.0. The van der Waals surface area contributed by atoms with Gasteiger partial charge >= 0.3 is 0 Å². The number of hydrogen-bond acceptors (Lipinski definition) is 3. The van der Waals surface area contributed by atoms with Gasteiger partial charge in [-0.15, -0.1) is 35.3 Å². The first-order valence-electron chi connectivity index (χ1n) is 8.74. The Hall–Kier alpha value is -1.87. The first-order valence-corrected chi connectivity index (χ1v) is 9.62. The van der Waals surface area contributed by atoms with Crippen molar-refractivity contribution in [1.82, 2.24) is 20.0 Å². The van der Waals surface area contributed by atoms with Gasteiger partial charge in [0.1, 0.15) is 0 Å². The standard InChI is InChI=1S/C20H25N5S.HI/c1-21-20(24(2)12-9-19-8-4-13-26-19)22-15-17-6-3-7-18(14-17)16-25-11-5-10-23-25;/h3-8,10-11,13-14H,9,12,15-16H2,1-2H3,(H,21,22);1H. The molecule has 27 heavy (non-hydrogen) atoms. The van der Waals surface area contributed by atoms with Crippen molar-refractivity contribution >= 4 is 41.3 Å². The molecule has 5 nitrogen and oxygen atoms in total. The van der Waals surface area contributed by atoms with Crippen LogP contribution in [0.5, 0.6) is 0 Å². The maximum Gasteiger partial charge on any atom is 0.193 e. The molecule has 3 rings (SSSR count). The number of likely N-dealkylation sites (N-methyl/N-ethyl adjacent to an activating group) is 1. The predicted molar refractivity (Wildman–Crippen MR) is 124 cm³/mol. The number of nitrogens with zero attached hydrogens (tertiary/aromatic N) is 4. The van der Waals surface area contributed by atoms with Gasteiger partial charge in [-0.2, -0.15) is 5.10 Å². The highest BCUT2D eigenvalue weighted by Gasteiger charge is 2.07. The van der Waals surface area contributed by atoms with Gasteiger partial charge in [0, 0.05) is 44.5 Å². The van der Waals surface area contributed by atoms with Crippen LogP contribution in [-0.2, 0) is 19.5 Å². The lowest BCUT2D eigenvalue weighted by atomic mass is 10.1. The summed E-state index contributed by atoms with van der Waals surface area (Å²) >= 11 is 1.80. The lowest BCUT2D eigenvalue weighted by molar-refractivity contribution is 0.486. The Kier molecular flexibility index (Phi) is 8.80. The molecule has 7 heteroatoms. The molecule has 3 aromatic rings. The second kappa shape index (κ2) is 11.1. The van der Waals surface area contributed by atoms with E-state index in [1.54, 1.807) is 17.5 Å². The van der Waals surface area contributed by atoms with E-state index in [1.165, 1.54) is 16.0 Å². The first-order chi connectivity index (χ1) is 12.7. The van der Waals surface area contributed by atoms with Crippen LogP contribution in [0.1, 0.15) is 16.0 Å². The third-order valence-electron chi connectivity index (χ3n) is 4.19. The second-order valence-corrected chi connectivity index (χ2v) is 7.21. The Morgan fingerprint density at radius 1 is 1.22 bits per heavy atom. The summed E-state index contributed by atoms with van der Waals surface area (Å²) in [7, 11) is 3.91. The number of aromatic nitrogens is 2. The highest BCUT2D eigenvalue weighted by Crippen LogP contribution is 2.10. The number of guanidine groups is 1. The van der Waals surface area contributed by atoms with Gasteiger partial charge in [-0.25, -0.2) is 0 Å². The van der Waals surface area contributed by atoms with Gasteiger partial charge in [0.2, 0.25) is 0 Å². The van der Waals surface area contributed by atoms with Gasteiger partial charge < -0.3 is 10.2 Å². The average Bonchev–Trinajstić information content (AvgIpc) is 3.35. The van der Waals surface area contributed by atoms with Crippen LogP contribution in [0.25, 0.3) is 0 Å². The minimum atomic E-state index is 0. The van der Waals surface area contributed by atoms with Crippen LogP contribution in [0.15, 0.2) is 65.2 Å². The third-order valence-corrected chi connectivity index (χ3v) is 5.13. The lowest BCUT2D eigenvalue weighted by Crippen LogP contribution is -2.39. The fraction of sp³-hybridized carbons (Fsp3) is 0.300. The minimum Gasteiger partial charge on any atom is -0.352 e. The van der Waals surface area contributed by atoms with Gasteiger partial charge in [0.05, 0.1) is 6.54 Å². The SMILES string of the molecule is CN=C(NCc1cccc(Cn2cccn2)c1)N(C)CCc1cccs1.I. The molecule has 0 saturated carbocycles. The summed E-state index contributed by atoms with van der Waals surface area (Å²) < 4.78 is 1.93. The molecule has 1 N–H and O–H groups in total. The smallest absolute Gasteiger partial charge is 0.193 e. The summed E-state index contributed by atoms with van der Waals surface area (Å²) in [6, 6.07) is 14.8. The lowest BCUT2D eigenvalue weighted by Gasteiger charge is -2.22. The van der Waals surface area contributed by atoms with Crippen molar-refractivity contribution in [3.63, 3.8) is 0 Å². The van der Waals surface area contributed by atoms with E-state index in [2.05, 4.69) is 69.1 Å². The molecule has 144 valence electrons. The van der Waals surface area contributed by atoms with Crippen molar-refractivity contribution in [3.8, 4) is 0 Å². The Balaban J connectivity index is 0.00000261. The molecular weight excluding hydrogens is 469 g/mol. The molecule has 0 aliphatic heterocycles. The van der Waals surface area contributed by atoms with E-state index in [-0.39, 0.29) is 24.0 Å². The van der Waals surface area contributed by atoms with Crippen molar-refractivity contribution in [3.05, 3.63) is 76.2 Å². The van der Waals surface area contributed by atoms with Gasteiger partial charge in [-0.3, -0.25) is 9.67 Å². The van der Waals surface area contributed by atoms with Crippen molar-refractivity contribution in [1.29, 1.82) is 0 Å². The van der Waals surface area contributed by atoms with Crippen molar-refractivity contribution in [2.75, 3.05) is 20.6 Å². The number of hydrogen-bond donors (Lipinski definition) is 1. The van der Waals surface area contributed by atoms with Crippen LogP contribution in [-0.4, -0.2) is 41.3 Å². The third kappa shape index (κ3) is 6.66. The number of rotatable bonds is 7. The molecule has 0 bridgehead atoms. The summed E-state index contributed by atoms with van der Waals surface area (Å²) in [5.41, 5.74) is 2.48. The fourth-order valence-electron chi connectivity index (χ4n) is 2.82. The van der Waals surface area contributed by atoms with Crippen molar-refractivity contribution < 1.29 is 0 Å². The van der Waals surface area contributed by atoms with E-state index in [9.17, 15) is 0 Å². The quantitative estimate of drug-likeness (QED) is 0.308. The predicted octanol–water partition coefficient (Wildman–Crippen LogP) is 3.86. The molecule has 0 atom stereocenters. The minimum absolute atomic E-state index is 0. The Morgan fingerprint density at radius 3 is 2.78 bits per heavy atom. The highest BCUT2D eigenvalue weighted by atomic mass is 127. The van der Waals surface area contributed by atoms with Crippen LogP contribution in [0, 0.1) is 0 Å². The van der Waals surface area contributed by atoms with E-state index in [0.29, 0.717) is 0 Å². The van der Waals surface area contributed by atoms with Gasteiger partial charge in [-0.1, -0.05) is 30.3 Å². The van der Waals surface area contributed by atoms with Crippen molar-refractivity contribution in [2.45, 2.75) is 19.5 Å². The molecule has 0 unspecified atom stereocenters. The van der Waals surface area contributed by atoms with Crippen LogP contribution in [0.3, 0.4) is 0 Å². The molecule has 0 radical (unpaired) electrons. The average molecular weight is 495 g/mol. The number of thiophene rings is 1. The Labute approximate surface area is 182 Å². The Bertz CT molecular complexity index is 815. The van der Waals surface area contributed by atoms with Gasteiger partial charge in [-0.05, 0) is 35.1 Å². The fourth-order valence-corrected chi connectivity index (χ4v) is 3.52. The summed E-state index contributed by atoms with van der Waals surface area (Å²) in [5.74, 6) is 0.916. The zero-order chi connectivity index (χ0) is 18.2. The normalized spacial score (nSPS) is 11.1. The van der Waals surface area contributed by atoms with E-state index in [0.717, 1.165) is 32.0 Å². The molecule has 2 heterocycles. The topological polar surface area (TPSA) is 45.5 Å². The number of benzene rings is 1. The molecule has 0 amide bonds. The first kappa shape index (κ1) is 21.4. The number of halogens is 1. The zero-order valence-electron chi connectivity index (χ0n) is 15.7. The molecule has 2 aromatic heterocycles. The van der Waals surface area contributed by atoms with Crippen LogP contribution >= 0.6 is 35.3 Å². The van der Waals surface area contributed by atoms with Gasteiger partial charge in [0.25, 0.3) is 0 Å². The largest absolute Gasteiger partial charge is 0.352 e. The van der Waals surface area contributed by atoms with E-state index in [1.807, 2.05) is 24.0 Å². The van der Waals surface area contributed by atoms with Crippen LogP contribution in [0.4, 0.5) is 0 Å². The molecule has 0 saturated heterocycles. The molecule has 0 fully saturated rings. The summed E-state index contributed by atoms with van der Waals surface area (Å²) in [4.78, 5) is 7.98. The summed E-state index contributed by atoms with van der Waals surface area (Å²) in [5, 5.41) is 9.85. The maximum atomic E-state index is 4.41. The molecule has 1 aromatic carbocycles. The van der Waals surface area contributed by atoms with Crippen LogP contribution < -0.4 is 5.32 Å². The number of aliphatic imine (C=N–C) groups is 1. The molecular formula is C20H26IN5S. The number of nitrogens with one attached hydrogen (secondary N) is 1. The summed E-state index contributed by atoms with van der Waals surface area (Å²) in [6.07, 6.45) is 4.82. The van der Waals surface area contributed by atoms with Gasteiger partial charge in [0.15, 0.2) is 5.96 Å². The molecule has 0 aliphatic rings. The molecule has 0 spiro atoms. The monoisotopic (exact) mass is 495 g/mol. The van der Waals surface area contributed by atoms with E-state index in [4.69, 9.17) is 0 Å². The Morgan fingerprint density at radius 2 is 2.07 bits per heavy atom. The zero-order valence-corrected chi connectivity index (χ0v) is 18.9. The summed E-state index contributed by atoms with van der Waals surface area (Å²) in [6.45, 7) is 2.48. The second-order valence-electron chi connectivity index (χ2n) is 6.18. The van der Waals surface area contributed by atoms with Crippen LogP contribution in [0.2, 0.25) is 0 Å². The van der Waals surface area contributed by atoms with E-state index >= 15 is 0 Å². The van der Waals surface area contributed by atoms with E-state index < -0.39 is 0 Å². The maximum absolute atomic E-state index is 4.41. The molecule has 0 aliphatic carbocycles.